The Morgan fingerprint density at radius 3 is 2.16 bits per heavy atom. The van der Waals surface area contributed by atoms with Gasteiger partial charge in [-0.05, 0) is 6.92 Å². The lowest BCUT2D eigenvalue weighted by Gasteiger charge is -2.25. The minimum absolute atomic E-state index is 0.194. The summed E-state index contributed by atoms with van der Waals surface area (Å²) in [5.41, 5.74) is 5.72. The lowest BCUT2D eigenvalue weighted by Crippen LogP contribution is -2.60. The van der Waals surface area contributed by atoms with E-state index in [0.717, 1.165) is 6.92 Å². The number of carbonyl (C=O) groups is 5. The number of hydrogen-bond acceptors (Lipinski definition) is 9. The highest BCUT2D eigenvalue weighted by Crippen LogP contribution is 2.03. The quantitative estimate of drug-likeness (QED) is 0.136. The number of rotatable bonds is 13. The third-order valence-corrected chi connectivity index (χ3v) is 4.20. The summed E-state index contributed by atoms with van der Waals surface area (Å²) < 4.78 is 0. The largest absolute Gasteiger partial charge is 0.481 e. The first kappa shape index (κ1) is 26.5. The minimum Gasteiger partial charge on any atom is -0.481 e. The standard InChI is InChI=1S/C17H26N6O9/c1-7(25)13(23-14(28)9(18)5-24)16(30)21-10(3-12(26)27)15(29)22-11(17(31)32)2-8-4-19-6-20-8/h4,6-7,9-11,13,24-25H,2-3,5,18H2,1H3,(H,19,20)(H,21,30)(H,22,29)(H,23,28)(H,26,27)(H,31,32). The van der Waals surface area contributed by atoms with Crippen molar-refractivity contribution >= 4 is 29.7 Å². The van der Waals surface area contributed by atoms with Crippen LogP contribution >= 0.6 is 0 Å². The van der Waals surface area contributed by atoms with Crippen LogP contribution in [-0.2, 0) is 30.4 Å². The van der Waals surface area contributed by atoms with Gasteiger partial charge in [0.1, 0.15) is 24.2 Å². The van der Waals surface area contributed by atoms with Gasteiger partial charge in [-0.15, -0.1) is 0 Å². The highest BCUT2D eigenvalue weighted by atomic mass is 16.4. The number of hydrogen-bond donors (Lipinski definition) is 9. The fourth-order valence-electron chi connectivity index (χ4n) is 2.48. The maximum absolute atomic E-state index is 12.5. The molecular weight excluding hydrogens is 432 g/mol. The molecule has 0 bridgehead atoms. The predicted octanol–water partition coefficient (Wildman–Crippen LogP) is -4.33. The van der Waals surface area contributed by atoms with E-state index in [9.17, 15) is 34.2 Å². The predicted molar refractivity (Wildman–Crippen MR) is 105 cm³/mol. The van der Waals surface area contributed by atoms with E-state index in [-0.39, 0.29) is 6.42 Å². The molecule has 5 unspecified atom stereocenters. The second kappa shape index (κ2) is 12.3. The van der Waals surface area contributed by atoms with Gasteiger partial charge in [0, 0.05) is 18.3 Å². The lowest BCUT2D eigenvalue weighted by molar-refractivity contribution is -0.144. The number of nitrogens with zero attached hydrogens (tertiary/aromatic N) is 1. The van der Waals surface area contributed by atoms with Crippen LogP contribution in [0.25, 0.3) is 0 Å². The summed E-state index contributed by atoms with van der Waals surface area (Å²) in [7, 11) is 0. The zero-order chi connectivity index (χ0) is 24.4. The van der Waals surface area contributed by atoms with Crippen molar-refractivity contribution in [1.82, 2.24) is 25.9 Å². The fourth-order valence-corrected chi connectivity index (χ4v) is 2.48. The number of aromatic nitrogens is 2. The molecule has 1 rings (SSSR count). The molecule has 0 fully saturated rings. The number of imidazole rings is 1. The molecule has 0 radical (unpaired) electrons. The van der Waals surface area contributed by atoms with Gasteiger partial charge in [-0.2, -0.15) is 0 Å². The molecule has 10 N–H and O–H groups in total. The molecule has 5 atom stereocenters. The van der Waals surface area contributed by atoms with E-state index in [2.05, 4.69) is 25.9 Å². The van der Waals surface area contributed by atoms with Crippen molar-refractivity contribution in [3.05, 3.63) is 18.2 Å². The second-order valence-electron chi connectivity index (χ2n) is 6.86. The third kappa shape index (κ3) is 8.29. The van der Waals surface area contributed by atoms with Crippen LogP contribution in [0.4, 0.5) is 0 Å². The second-order valence-corrected chi connectivity index (χ2v) is 6.86. The normalized spacial score (nSPS) is 15.5. The maximum Gasteiger partial charge on any atom is 0.326 e. The molecule has 1 heterocycles. The van der Waals surface area contributed by atoms with Crippen LogP contribution in [0.1, 0.15) is 19.0 Å². The maximum atomic E-state index is 12.5. The van der Waals surface area contributed by atoms with Gasteiger partial charge in [-0.1, -0.05) is 0 Å². The van der Waals surface area contributed by atoms with Gasteiger partial charge in [0.05, 0.1) is 25.5 Å². The summed E-state index contributed by atoms with van der Waals surface area (Å²) in [5, 5.41) is 43.4. The van der Waals surface area contributed by atoms with E-state index in [4.69, 9.17) is 15.9 Å². The highest BCUT2D eigenvalue weighted by molar-refractivity contribution is 5.95. The summed E-state index contributed by atoms with van der Waals surface area (Å²) in [6, 6.07) is -6.22. The number of aliphatic hydroxyl groups is 2. The summed E-state index contributed by atoms with van der Waals surface area (Å²) in [5.74, 6) is -6.11. The van der Waals surface area contributed by atoms with E-state index >= 15 is 0 Å². The Morgan fingerprint density at radius 2 is 1.69 bits per heavy atom. The average molecular weight is 458 g/mol. The molecular formula is C17H26N6O9. The zero-order valence-corrected chi connectivity index (χ0v) is 17.0. The van der Waals surface area contributed by atoms with E-state index in [1.807, 2.05) is 0 Å². The van der Waals surface area contributed by atoms with Crippen LogP contribution in [0, 0.1) is 0 Å². The molecule has 3 amide bonds. The molecule has 15 heteroatoms. The topological polar surface area (TPSA) is 257 Å². The molecule has 0 aliphatic carbocycles. The van der Waals surface area contributed by atoms with Crippen molar-refractivity contribution in [1.29, 1.82) is 0 Å². The van der Waals surface area contributed by atoms with Crippen LogP contribution < -0.4 is 21.7 Å². The Labute approximate surface area is 181 Å². The Hall–Kier alpha value is -3.56. The van der Waals surface area contributed by atoms with Crippen LogP contribution in [-0.4, -0.2) is 96.9 Å². The van der Waals surface area contributed by atoms with Crippen LogP contribution in [0.15, 0.2) is 12.5 Å². The molecule has 178 valence electrons. The molecule has 0 aliphatic heterocycles. The van der Waals surface area contributed by atoms with Crippen LogP contribution in [0.5, 0.6) is 0 Å². The summed E-state index contributed by atoms with van der Waals surface area (Å²) in [6.45, 7) is 0.406. The van der Waals surface area contributed by atoms with Crippen molar-refractivity contribution in [2.45, 2.75) is 50.0 Å². The van der Waals surface area contributed by atoms with Crippen LogP contribution in [0.3, 0.4) is 0 Å². The van der Waals surface area contributed by atoms with Crippen molar-refractivity contribution < 1.29 is 44.4 Å². The number of H-pyrrole nitrogens is 1. The summed E-state index contributed by atoms with van der Waals surface area (Å²) in [4.78, 5) is 65.9. The first-order valence-corrected chi connectivity index (χ1v) is 9.33. The van der Waals surface area contributed by atoms with Gasteiger partial charge in [0.2, 0.25) is 17.7 Å². The summed E-state index contributed by atoms with van der Waals surface area (Å²) >= 11 is 0. The summed E-state index contributed by atoms with van der Waals surface area (Å²) in [6.07, 6.45) is 0.0539. The number of carbonyl (C=O) groups excluding carboxylic acids is 3. The molecule has 0 saturated heterocycles. The number of aliphatic hydroxyl groups excluding tert-OH is 2. The number of aromatic amines is 1. The fraction of sp³-hybridized carbons (Fsp3) is 0.529. The number of nitrogens with one attached hydrogen (secondary N) is 4. The minimum atomic E-state index is -1.73. The molecule has 15 nitrogen and oxygen atoms in total. The Morgan fingerprint density at radius 1 is 1.06 bits per heavy atom. The SMILES string of the molecule is CC(O)C(NC(=O)C(N)CO)C(=O)NC(CC(=O)O)C(=O)NC(Cc1cnc[nH]1)C(=O)O. The third-order valence-electron chi connectivity index (χ3n) is 4.20. The smallest absolute Gasteiger partial charge is 0.326 e. The molecule has 0 aromatic carbocycles. The van der Waals surface area contributed by atoms with Crippen LogP contribution in [0.2, 0.25) is 0 Å². The molecule has 1 aromatic rings. The van der Waals surface area contributed by atoms with E-state index < -0.39 is 73.0 Å². The molecule has 0 saturated carbocycles. The molecule has 0 aliphatic rings. The van der Waals surface area contributed by atoms with Gasteiger partial charge in [0.15, 0.2) is 0 Å². The average Bonchev–Trinajstić information content (AvgIpc) is 3.22. The zero-order valence-electron chi connectivity index (χ0n) is 17.0. The van der Waals surface area contributed by atoms with E-state index in [0.29, 0.717) is 5.69 Å². The van der Waals surface area contributed by atoms with Crippen molar-refractivity contribution in [2.24, 2.45) is 5.73 Å². The van der Waals surface area contributed by atoms with Crippen molar-refractivity contribution in [2.75, 3.05) is 6.61 Å². The first-order chi connectivity index (χ1) is 15.0. The Balaban J connectivity index is 2.95. The van der Waals surface area contributed by atoms with Crippen molar-refractivity contribution in [3.63, 3.8) is 0 Å². The number of carboxylic acid groups (broad SMARTS) is 2. The Kier molecular flexibility index (Phi) is 10.2. The number of amides is 3. The molecule has 32 heavy (non-hydrogen) atoms. The van der Waals surface area contributed by atoms with E-state index in [1.165, 1.54) is 12.5 Å². The van der Waals surface area contributed by atoms with Gasteiger partial charge >= 0.3 is 11.9 Å². The monoisotopic (exact) mass is 458 g/mol. The van der Waals surface area contributed by atoms with Gasteiger partial charge in [0.25, 0.3) is 0 Å². The van der Waals surface area contributed by atoms with E-state index in [1.54, 1.807) is 0 Å². The van der Waals surface area contributed by atoms with Gasteiger partial charge < -0.3 is 47.1 Å². The first-order valence-electron chi connectivity index (χ1n) is 9.33. The van der Waals surface area contributed by atoms with Gasteiger partial charge in [-0.3, -0.25) is 19.2 Å². The van der Waals surface area contributed by atoms with Crippen molar-refractivity contribution in [3.8, 4) is 0 Å². The number of aliphatic carboxylic acids is 2. The highest BCUT2D eigenvalue weighted by Gasteiger charge is 2.33. The molecule has 1 aromatic heterocycles. The Bertz CT molecular complexity index is 813. The van der Waals surface area contributed by atoms with Gasteiger partial charge in [-0.25, -0.2) is 9.78 Å². The number of nitrogens with two attached hydrogens (primary N) is 1. The molecule has 0 spiro atoms. The number of carboxylic acids is 2. The lowest BCUT2D eigenvalue weighted by atomic mass is 10.1.